The molecule has 0 saturated carbocycles. The van der Waals surface area contributed by atoms with Gasteiger partial charge in [0.05, 0.1) is 6.07 Å². The monoisotopic (exact) mass is 215 g/mol. The van der Waals surface area contributed by atoms with Gasteiger partial charge in [0.15, 0.2) is 4.84 Å². The van der Waals surface area contributed by atoms with Crippen LogP contribution < -0.4 is 0 Å². The molecule has 0 atom stereocenters. The van der Waals surface area contributed by atoms with Gasteiger partial charge in [-0.3, -0.25) is 0 Å². The first kappa shape index (κ1) is 9.88. The van der Waals surface area contributed by atoms with Crippen LogP contribution in [0.25, 0.3) is 0 Å². The number of nitriles is 1. The van der Waals surface area contributed by atoms with E-state index in [1.807, 2.05) is 0 Å². The first-order chi connectivity index (χ1) is 2.27. The predicted molar refractivity (Wildman–Crippen MR) is 21.1 cm³/mol. The quantitative estimate of drug-likeness (QED) is 0.442. The molecule has 0 aromatic carbocycles. The third-order valence-corrected chi connectivity index (χ3v) is 0.293. The summed E-state index contributed by atoms with van der Waals surface area (Å²) in [6.07, 6.45) is 0. The molecule has 0 unspecified atom stereocenters. The minimum Gasteiger partial charge on any atom is -0.195 e. The van der Waals surface area contributed by atoms with Crippen LogP contribution in [-0.2, 0) is 20.4 Å². The maximum Gasteiger partial charge on any atom is 0.193 e. The van der Waals surface area contributed by atoms with E-state index in [0.29, 0.717) is 0 Å². The third-order valence-electron chi connectivity index (χ3n) is 0.0976. The largest absolute Gasteiger partial charge is 0.195 e. The zero-order chi connectivity index (χ0) is 4.28. The van der Waals surface area contributed by atoms with E-state index in [1.54, 1.807) is 6.07 Å². The molecular formula is C2HCl2NPd. The summed E-state index contributed by atoms with van der Waals surface area (Å²) in [5, 5.41) is 7.63. The van der Waals surface area contributed by atoms with Gasteiger partial charge >= 0.3 is 0 Å². The molecule has 0 N–H and O–H groups in total. The molecule has 0 rings (SSSR count). The van der Waals surface area contributed by atoms with Crippen molar-refractivity contribution in [1.29, 1.82) is 5.26 Å². The van der Waals surface area contributed by atoms with Crippen LogP contribution in [0.4, 0.5) is 0 Å². The molecule has 0 aliphatic carbocycles. The maximum absolute atomic E-state index is 7.63. The van der Waals surface area contributed by atoms with Crippen molar-refractivity contribution in [2.75, 3.05) is 0 Å². The van der Waals surface area contributed by atoms with Gasteiger partial charge in [-0.1, -0.05) is 23.2 Å². The van der Waals surface area contributed by atoms with E-state index in [4.69, 9.17) is 28.5 Å². The number of nitrogens with zero attached hydrogens (tertiary/aromatic N) is 1. The van der Waals surface area contributed by atoms with Crippen molar-refractivity contribution in [1.82, 2.24) is 0 Å². The summed E-state index contributed by atoms with van der Waals surface area (Å²) in [6, 6.07) is 1.56. The topological polar surface area (TPSA) is 23.8 Å². The molecule has 4 heteroatoms. The van der Waals surface area contributed by atoms with Crippen molar-refractivity contribution < 1.29 is 20.4 Å². The average Bonchev–Trinajstić information content (AvgIpc) is 1.38. The molecule has 1 nitrogen and oxygen atoms in total. The minimum absolute atomic E-state index is 0. The Morgan fingerprint density at radius 1 is 1.50 bits per heavy atom. The van der Waals surface area contributed by atoms with Gasteiger partial charge in [-0.25, -0.2) is 0 Å². The Bertz CT molecular complexity index is 57.1. The van der Waals surface area contributed by atoms with Crippen LogP contribution in [0, 0.1) is 11.3 Å². The van der Waals surface area contributed by atoms with Crippen LogP contribution in [-0.4, -0.2) is 4.84 Å². The molecule has 0 aromatic rings. The Hall–Kier alpha value is 0.732. The van der Waals surface area contributed by atoms with E-state index >= 15 is 0 Å². The molecule has 0 radical (unpaired) electrons. The molecule has 6 heavy (non-hydrogen) atoms. The Morgan fingerprint density at radius 3 is 1.67 bits per heavy atom. The van der Waals surface area contributed by atoms with Gasteiger partial charge in [-0.15, -0.1) is 0 Å². The second kappa shape index (κ2) is 5.73. The summed E-state index contributed by atoms with van der Waals surface area (Å²) in [5.41, 5.74) is 0. The van der Waals surface area contributed by atoms with Gasteiger partial charge in [0.25, 0.3) is 0 Å². The predicted octanol–water partition coefficient (Wildman–Crippen LogP) is 1.31. The van der Waals surface area contributed by atoms with E-state index in [9.17, 15) is 0 Å². The van der Waals surface area contributed by atoms with Crippen molar-refractivity contribution in [3.05, 3.63) is 0 Å². The summed E-state index contributed by atoms with van der Waals surface area (Å²) in [6.45, 7) is 0. The molecule has 38 valence electrons. The zero-order valence-electron chi connectivity index (χ0n) is 2.60. The average molecular weight is 216 g/mol. The van der Waals surface area contributed by atoms with Crippen LogP contribution >= 0.6 is 23.2 Å². The van der Waals surface area contributed by atoms with E-state index in [-0.39, 0.29) is 20.4 Å². The number of rotatable bonds is 0. The second-order valence-electron chi connectivity index (χ2n) is 0.430. The van der Waals surface area contributed by atoms with Crippen molar-refractivity contribution in [2.45, 2.75) is 4.84 Å². The van der Waals surface area contributed by atoms with Crippen LogP contribution in [0.3, 0.4) is 0 Å². The summed E-state index contributed by atoms with van der Waals surface area (Å²) >= 11 is 9.73. The molecule has 0 aromatic heterocycles. The normalized spacial score (nSPS) is 6.33. The molecule has 0 aliphatic rings. The summed E-state index contributed by atoms with van der Waals surface area (Å²) in [5.74, 6) is 0. The van der Waals surface area contributed by atoms with Crippen molar-refractivity contribution in [2.24, 2.45) is 0 Å². The molecule has 0 spiro atoms. The summed E-state index contributed by atoms with van der Waals surface area (Å²) < 4.78 is 0. The van der Waals surface area contributed by atoms with E-state index in [1.165, 1.54) is 0 Å². The van der Waals surface area contributed by atoms with Gasteiger partial charge < -0.3 is 0 Å². The number of alkyl halides is 2. The molecule has 0 aliphatic heterocycles. The van der Waals surface area contributed by atoms with Crippen LogP contribution in [0.2, 0.25) is 0 Å². The molecule has 0 saturated heterocycles. The fourth-order valence-electron chi connectivity index (χ4n) is 0. The van der Waals surface area contributed by atoms with Gasteiger partial charge in [-0.2, -0.15) is 5.26 Å². The van der Waals surface area contributed by atoms with Crippen molar-refractivity contribution >= 4 is 23.2 Å². The number of hydrogen-bond acceptors (Lipinski definition) is 1. The minimum atomic E-state index is -0.866. The fraction of sp³-hybridized carbons (Fsp3) is 0.500. The first-order valence-corrected chi connectivity index (χ1v) is 1.82. The van der Waals surface area contributed by atoms with E-state index in [2.05, 4.69) is 0 Å². The van der Waals surface area contributed by atoms with Crippen molar-refractivity contribution in [3.63, 3.8) is 0 Å². The molecule has 0 amide bonds. The molecular weight excluding hydrogens is 215 g/mol. The molecule has 0 heterocycles. The second-order valence-corrected chi connectivity index (χ2v) is 1.53. The van der Waals surface area contributed by atoms with Crippen LogP contribution in [0.5, 0.6) is 0 Å². The van der Waals surface area contributed by atoms with Crippen molar-refractivity contribution in [3.8, 4) is 6.07 Å². The van der Waals surface area contributed by atoms with E-state index in [0.717, 1.165) is 0 Å². The Balaban J connectivity index is 0. The van der Waals surface area contributed by atoms with Gasteiger partial charge in [0.1, 0.15) is 0 Å². The Kier molecular flexibility index (Phi) is 9.44. The van der Waals surface area contributed by atoms with Gasteiger partial charge in [-0.05, 0) is 0 Å². The van der Waals surface area contributed by atoms with Crippen LogP contribution in [0.1, 0.15) is 0 Å². The molecule has 0 fully saturated rings. The smallest absolute Gasteiger partial charge is 0.193 e. The summed E-state index contributed by atoms with van der Waals surface area (Å²) in [4.78, 5) is -0.866. The summed E-state index contributed by atoms with van der Waals surface area (Å²) in [7, 11) is 0. The standard InChI is InChI=1S/C2HCl2N.Pd/c3-2(4)1-5;/h2H;. The Labute approximate surface area is 59.9 Å². The zero-order valence-corrected chi connectivity index (χ0v) is 5.66. The number of hydrogen-bond donors (Lipinski definition) is 0. The maximum atomic E-state index is 7.63. The van der Waals surface area contributed by atoms with Gasteiger partial charge in [0, 0.05) is 20.4 Å². The molecule has 0 bridgehead atoms. The van der Waals surface area contributed by atoms with E-state index < -0.39 is 4.84 Å². The third kappa shape index (κ3) is 8.83. The fourth-order valence-corrected chi connectivity index (χ4v) is 0. The Morgan fingerprint density at radius 2 is 1.67 bits per heavy atom. The number of halogens is 2. The SMILES string of the molecule is N#CC(Cl)Cl.[Pd]. The van der Waals surface area contributed by atoms with Crippen LogP contribution in [0.15, 0.2) is 0 Å². The van der Waals surface area contributed by atoms with Gasteiger partial charge in [0.2, 0.25) is 0 Å². The first-order valence-electron chi connectivity index (χ1n) is 0.949.